The minimum Gasteiger partial charge on any atom is -0.506 e. The summed E-state index contributed by atoms with van der Waals surface area (Å²) in [5.74, 6) is -0.247. The Labute approximate surface area is 134 Å². The molecule has 1 saturated heterocycles. The molecule has 1 fully saturated rings. The summed E-state index contributed by atoms with van der Waals surface area (Å²) in [5, 5.41) is 13.1. The van der Waals surface area contributed by atoms with E-state index in [1.807, 2.05) is 0 Å². The highest BCUT2D eigenvalue weighted by molar-refractivity contribution is 6.32. The number of phenolic OH excluding ortho intramolecular Hbond substituents is 1. The molecule has 1 aliphatic heterocycles. The largest absolute Gasteiger partial charge is 0.506 e. The number of hydrogen-bond acceptors (Lipinski definition) is 3. The molecule has 1 aliphatic rings. The molecule has 0 unspecified atom stereocenters. The van der Waals surface area contributed by atoms with Crippen molar-refractivity contribution in [1.29, 1.82) is 0 Å². The summed E-state index contributed by atoms with van der Waals surface area (Å²) in [6, 6.07) is 3.46. The summed E-state index contributed by atoms with van der Waals surface area (Å²) in [5.41, 5.74) is 0.194. The van der Waals surface area contributed by atoms with Crippen molar-refractivity contribution in [3.8, 4) is 5.75 Å². The molecular weight excluding hydrogens is 333 g/mol. The average molecular weight is 350 g/mol. The van der Waals surface area contributed by atoms with Crippen LogP contribution in [0.2, 0.25) is 5.02 Å². The van der Waals surface area contributed by atoms with E-state index in [1.54, 1.807) is 11.0 Å². The van der Waals surface area contributed by atoms with Crippen LogP contribution in [0, 0.1) is 0 Å². The third-order valence-corrected chi connectivity index (χ3v) is 3.43. The van der Waals surface area contributed by atoms with Crippen molar-refractivity contribution in [2.75, 3.05) is 26.2 Å². The minimum absolute atomic E-state index is 0. The normalized spacial score (nSPS) is 17.2. The van der Waals surface area contributed by atoms with Crippen molar-refractivity contribution in [3.05, 3.63) is 28.8 Å². The molecule has 2 N–H and O–H groups in total. The third kappa shape index (κ3) is 4.33. The van der Waals surface area contributed by atoms with Crippen LogP contribution < -0.4 is 5.32 Å². The van der Waals surface area contributed by atoms with Crippen LogP contribution in [0.15, 0.2) is 18.2 Å². The van der Waals surface area contributed by atoms with Gasteiger partial charge in [0.15, 0.2) is 0 Å². The van der Waals surface area contributed by atoms with Gasteiger partial charge in [0.25, 0.3) is 6.43 Å². The third-order valence-electron chi connectivity index (χ3n) is 3.12. The molecule has 1 heterocycles. The molecule has 0 bridgehead atoms. The van der Waals surface area contributed by atoms with Crippen molar-refractivity contribution in [3.63, 3.8) is 0 Å². The topological polar surface area (TPSA) is 35.5 Å². The van der Waals surface area contributed by atoms with Gasteiger partial charge in [-0.1, -0.05) is 23.7 Å². The quantitative estimate of drug-likeness (QED) is 0.880. The van der Waals surface area contributed by atoms with E-state index in [2.05, 4.69) is 5.32 Å². The summed E-state index contributed by atoms with van der Waals surface area (Å²) in [6.45, 7) is 2.40. The standard InChI is InChI=1S/C12H15ClF2N2O.2ClH/c13-9-3-1-2-8(11(9)18)10(12(14)15)17-6-4-16-5-7-17;;/h1-3,10,12,16,18H,4-7H2;2*1H/t10-;;/m0../s1. The lowest BCUT2D eigenvalue weighted by Crippen LogP contribution is -2.46. The van der Waals surface area contributed by atoms with Gasteiger partial charge in [-0.15, -0.1) is 24.8 Å². The number of phenols is 1. The highest BCUT2D eigenvalue weighted by Crippen LogP contribution is 2.37. The summed E-state index contributed by atoms with van der Waals surface area (Å²) < 4.78 is 26.5. The zero-order valence-electron chi connectivity index (χ0n) is 10.6. The van der Waals surface area contributed by atoms with Crippen LogP contribution in [0.25, 0.3) is 0 Å². The van der Waals surface area contributed by atoms with E-state index in [0.29, 0.717) is 26.2 Å². The van der Waals surface area contributed by atoms with Crippen LogP contribution in [-0.4, -0.2) is 42.6 Å². The number of alkyl halides is 2. The molecule has 0 aromatic heterocycles. The van der Waals surface area contributed by atoms with E-state index in [-0.39, 0.29) is 41.1 Å². The zero-order chi connectivity index (χ0) is 13.1. The molecule has 3 nitrogen and oxygen atoms in total. The number of halogens is 5. The Bertz CT molecular complexity index is 418. The first-order valence-corrected chi connectivity index (χ1v) is 6.19. The lowest BCUT2D eigenvalue weighted by Gasteiger charge is -2.34. The fourth-order valence-corrected chi connectivity index (χ4v) is 2.40. The minimum atomic E-state index is -2.56. The fourth-order valence-electron chi connectivity index (χ4n) is 2.22. The van der Waals surface area contributed by atoms with Crippen LogP contribution in [0.1, 0.15) is 11.6 Å². The predicted molar refractivity (Wildman–Crippen MR) is 80.8 cm³/mol. The Morgan fingerprint density at radius 3 is 2.35 bits per heavy atom. The average Bonchev–Trinajstić information content (AvgIpc) is 2.36. The van der Waals surface area contributed by atoms with Gasteiger partial charge in [0.05, 0.1) is 5.02 Å². The van der Waals surface area contributed by atoms with Gasteiger partial charge in [0.1, 0.15) is 11.8 Å². The molecular formula is C12H17Cl3F2N2O. The van der Waals surface area contributed by atoms with E-state index >= 15 is 0 Å². The van der Waals surface area contributed by atoms with Gasteiger partial charge in [-0.05, 0) is 6.07 Å². The van der Waals surface area contributed by atoms with Gasteiger partial charge in [0.2, 0.25) is 0 Å². The molecule has 20 heavy (non-hydrogen) atoms. The summed E-state index contributed by atoms with van der Waals surface area (Å²) >= 11 is 5.78. The Kier molecular flexibility index (Phi) is 8.70. The van der Waals surface area contributed by atoms with E-state index in [0.717, 1.165) is 0 Å². The van der Waals surface area contributed by atoms with Gasteiger partial charge >= 0.3 is 0 Å². The fraction of sp³-hybridized carbons (Fsp3) is 0.500. The molecule has 0 saturated carbocycles. The van der Waals surface area contributed by atoms with Crippen molar-refractivity contribution in [2.24, 2.45) is 0 Å². The number of piperazine rings is 1. The molecule has 0 aliphatic carbocycles. The van der Waals surface area contributed by atoms with Gasteiger partial charge in [0, 0.05) is 31.7 Å². The maximum Gasteiger partial charge on any atom is 0.258 e. The number of aromatic hydroxyl groups is 1. The lowest BCUT2D eigenvalue weighted by molar-refractivity contribution is 0.0170. The van der Waals surface area contributed by atoms with Gasteiger partial charge in [-0.2, -0.15) is 0 Å². The molecule has 2 rings (SSSR count). The number of para-hydroxylation sites is 1. The monoisotopic (exact) mass is 348 g/mol. The number of nitrogens with one attached hydrogen (secondary N) is 1. The summed E-state index contributed by atoms with van der Waals surface area (Å²) in [4.78, 5) is 1.67. The Hall–Kier alpha value is -0.330. The zero-order valence-corrected chi connectivity index (χ0v) is 12.9. The second kappa shape index (κ2) is 8.85. The van der Waals surface area contributed by atoms with E-state index in [1.165, 1.54) is 12.1 Å². The maximum absolute atomic E-state index is 13.3. The first-order chi connectivity index (χ1) is 8.61. The smallest absolute Gasteiger partial charge is 0.258 e. The molecule has 0 spiro atoms. The van der Waals surface area contributed by atoms with Crippen LogP contribution in [0.4, 0.5) is 8.78 Å². The number of rotatable bonds is 3. The summed E-state index contributed by atoms with van der Waals surface area (Å²) in [6.07, 6.45) is -2.56. The second-order valence-electron chi connectivity index (χ2n) is 4.24. The Balaban J connectivity index is 0.00000180. The van der Waals surface area contributed by atoms with Crippen LogP contribution >= 0.6 is 36.4 Å². The molecule has 1 aromatic rings. The second-order valence-corrected chi connectivity index (χ2v) is 4.65. The molecule has 0 amide bonds. The van der Waals surface area contributed by atoms with Crippen molar-refractivity contribution in [2.45, 2.75) is 12.5 Å². The van der Waals surface area contributed by atoms with Crippen LogP contribution in [-0.2, 0) is 0 Å². The molecule has 1 atom stereocenters. The SMILES string of the molecule is Cl.Cl.Oc1c(Cl)cccc1[C@@H](C(F)F)N1CCNCC1. The van der Waals surface area contributed by atoms with E-state index in [9.17, 15) is 13.9 Å². The van der Waals surface area contributed by atoms with Crippen molar-refractivity contribution in [1.82, 2.24) is 10.2 Å². The van der Waals surface area contributed by atoms with E-state index < -0.39 is 12.5 Å². The highest BCUT2D eigenvalue weighted by Gasteiger charge is 2.32. The first-order valence-electron chi connectivity index (χ1n) is 5.81. The van der Waals surface area contributed by atoms with Crippen molar-refractivity contribution >= 4 is 36.4 Å². The number of hydrogen-bond donors (Lipinski definition) is 2. The Morgan fingerprint density at radius 2 is 1.80 bits per heavy atom. The maximum atomic E-state index is 13.3. The van der Waals surface area contributed by atoms with Crippen LogP contribution in [0.3, 0.4) is 0 Å². The van der Waals surface area contributed by atoms with Gasteiger partial charge in [-0.25, -0.2) is 8.78 Å². The number of nitrogens with zero attached hydrogens (tertiary/aromatic N) is 1. The van der Waals surface area contributed by atoms with Crippen LogP contribution in [0.5, 0.6) is 5.75 Å². The van der Waals surface area contributed by atoms with Gasteiger partial charge < -0.3 is 10.4 Å². The predicted octanol–water partition coefficient (Wildman–Crippen LogP) is 3.10. The molecule has 8 heteroatoms. The molecule has 0 radical (unpaired) electrons. The highest BCUT2D eigenvalue weighted by atomic mass is 35.5. The lowest BCUT2D eigenvalue weighted by atomic mass is 10.0. The molecule has 116 valence electrons. The summed E-state index contributed by atoms with van der Waals surface area (Å²) in [7, 11) is 0. The van der Waals surface area contributed by atoms with Gasteiger partial charge in [-0.3, -0.25) is 4.90 Å². The van der Waals surface area contributed by atoms with Crippen molar-refractivity contribution < 1.29 is 13.9 Å². The first kappa shape index (κ1) is 19.7. The van der Waals surface area contributed by atoms with E-state index in [4.69, 9.17) is 11.6 Å². The Morgan fingerprint density at radius 1 is 1.20 bits per heavy atom. The number of benzene rings is 1. The molecule has 1 aromatic carbocycles.